The predicted molar refractivity (Wildman–Crippen MR) is 88.9 cm³/mol. The highest BCUT2D eigenvalue weighted by Crippen LogP contribution is 2.33. The molecular formula is C16H6Cl2F4N4O. The van der Waals surface area contributed by atoms with E-state index in [0.29, 0.717) is 5.56 Å². The Kier molecular flexibility index (Phi) is 4.08. The van der Waals surface area contributed by atoms with Crippen LogP contribution in [0.15, 0.2) is 41.2 Å². The van der Waals surface area contributed by atoms with Crippen LogP contribution >= 0.6 is 23.2 Å². The molecule has 0 radical (unpaired) electrons. The van der Waals surface area contributed by atoms with Gasteiger partial charge in [0.2, 0.25) is 5.82 Å². The Hall–Kier alpha value is -2.65. The summed E-state index contributed by atoms with van der Waals surface area (Å²) in [4.78, 5) is 8.24. The van der Waals surface area contributed by atoms with Gasteiger partial charge in [0.05, 0.1) is 15.6 Å². The summed E-state index contributed by atoms with van der Waals surface area (Å²) < 4.78 is 58.1. The Morgan fingerprint density at radius 1 is 1.00 bits per heavy atom. The number of nitrogens with zero attached hydrogens (tertiary/aromatic N) is 4. The van der Waals surface area contributed by atoms with E-state index in [4.69, 9.17) is 27.7 Å². The van der Waals surface area contributed by atoms with Crippen molar-refractivity contribution in [3.8, 4) is 23.0 Å². The number of halogens is 6. The minimum Gasteiger partial charge on any atom is -0.332 e. The average molecular weight is 417 g/mol. The van der Waals surface area contributed by atoms with Crippen LogP contribution in [0.25, 0.3) is 28.6 Å². The van der Waals surface area contributed by atoms with Gasteiger partial charge in [0.1, 0.15) is 11.5 Å². The Balaban J connectivity index is 1.77. The van der Waals surface area contributed by atoms with Crippen molar-refractivity contribution in [2.75, 3.05) is 0 Å². The average Bonchev–Trinajstić information content (AvgIpc) is 3.20. The molecule has 0 atom stereocenters. The molecule has 4 rings (SSSR count). The molecule has 0 aliphatic heterocycles. The normalized spacial score (nSPS) is 12.1. The number of pyridine rings is 1. The molecule has 0 aliphatic rings. The summed E-state index contributed by atoms with van der Waals surface area (Å²) in [7, 11) is 0. The molecule has 0 spiro atoms. The highest BCUT2D eigenvalue weighted by Gasteiger charge is 2.32. The van der Waals surface area contributed by atoms with Gasteiger partial charge in [-0.15, -0.1) is 0 Å². The van der Waals surface area contributed by atoms with Gasteiger partial charge >= 0.3 is 6.18 Å². The summed E-state index contributed by atoms with van der Waals surface area (Å²) in [5.41, 5.74) is -0.380. The van der Waals surface area contributed by atoms with Crippen molar-refractivity contribution in [2.45, 2.75) is 6.18 Å². The molecule has 11 heteroatoms. The number of alkyl halides is 3. The van der Waals surface area contributed by atoms with Crippen molar-refractivity contribution in [1.29, 1.82) is 0 Å². The van der Waals surface area contributed by atoms with Gasteiger partial charge < -0.3 is 8.92 Å². The van der Waals surface area contributed by atoms with Gasteiger partial charge in [-0.1, -0.05) is 28.4 Å². The number of hydrogen-bond acceptors (Lipinski definition) is 4. The summed E-state index contributed by atoms with van der Waals surface area (Å²) in [6.07, 6.45) is -2.43. The first-order valence-electron chi connectivity index (χ1n) is 7.27. The van der Waals surface area contributed by atoms with E-state index in [1.165, 1.54) is 18.3 Å². The third-order valence-electron chi connectivity index (χ3n) is 3.65. The van der Waals surface area contributed by atoms with Gasteiger partial charge in [0, 0.05) is 18.0 Å². The first-order chi connectivity index (χ1) is 12.7. The molecular weight excluding hydrogens is 411 g/mol. The van der Waals surface area contributed by atoms with E-state index in [-0.39, 0.29) is 33.1 Å². The highest BCUT2D eigenvalue weighted by molar-refractivity contribution is 6.33. The Labute approximate surface area is 158 Å². The molecule has 0 N–H and O–H groups in total. The fourth-order valence-corrected chi connectivity index (χ4v) is 2.93. The fraction of sp³-hybridized carbons (Fsp3) is 0.0625. The van der Waals surface area contributed by atoms with Crippen LogP contribution < -0.4 is 0 Å². The van der Waals surface area contributed by atoms with Crippen LogP contribution in [0.3, 0.4) is 0 Å². The zero-order chi connectivity index (χ0) is 19.3. The quantitative estimate of drug-likeness (QED) is 0.404. The molecule has 0 unspecified atom stereocenters. The van der Waals surface area contributed by atoms with Crippen LogP contribution in [-0.4, -0.2) is 19.5 Å². The zero-order valence-electron chi connectivity index (χ0n) is 12.9. The summed E-state index contributed by atoms with van der Waals surface area (Å²) >= 11 is 11.9. The predicted octanol–water partition coefficient (Wildman–Crippen LogP) is 5.52. The van der Waals surface area contributed by atoms with Crippen molar-refractivity contribution < 1.29 is 22.1 Å². The van der Waals surface area contributed by atoms with Gasteiger partial charge in [-0.05, 0) is 24.3 Å². The highest BCUT2D eigenvalue weighted by atomic mass is 35.5. The van der Waals surface area contributed by atoms with Crippen molar-refractivity contribution in [2.24, 2.45) is 0 Å². The zero-order valence-corrected chi connectivity index (χ0v) is 14.4. The first-order valence-corrected chi connectivity index (χ1v) is 8.03. The Morgan fingerprint density at radius 2 is 1.78 bits per heavy atom. The van der Waals surface area contributed by atoms with Gasteiger partial charge in [0.25, 0.3) is 5.89 Å². The topological polar surface area (TPSA) is 56.2 Å². The maximum Gasteiger partial charge on any atom is 0.417 e. The molecule has 5 nitrogen and oxygen atoms in total. The second kappa shape index (κ2) is 6.21. The number of fused-ring (bicyclic) bond motifs is 1. The molecule has 1 aromatic carbocycles. The number of aromatic nitrogens is 4. The minimum absolute atomic E-state index is 0.0567. The molecule has 0 bridgehead atoms. The van der Waals surface area contributed by atoms with E-state index in [1.807, 2.05) is 0 Å². The minimum atomic E-state index is -4.56. The SMILES string of the molecule is Fc1ccc(-c2noc(-c3cn4cc(C(F)(F)F)cc(Cl)c4n3)n2)c(Cl)c1. The van der Waals surface area contributed by atoms with Gasteiger partial charge in [-0.2, -0.15) is 18.2 Å². The van der Waals surface area contributed by atoms with E-state index < -0.39 is 17.6 Å². The van der Waals surface area contributed by atoms with Crippen molar-refractivity contribution >= 4 is 28.8 Å². The lowest BCUT2D eigenvalue weighted by molar-refractivity contribution is -0.137. The number of rotatable bonds is 2. The van der Waals surface area contributed by atoms with Crippen LogP contribution in [0.1, 0.15) is 5.56 Å². The second-order valence-electron chi connectivity index (χ2n) is 5.48. The number of imidazole rings is 1. The molecule has 0 saturated heterocycles. The lowest BCUT2D eigenvalue weighted by atomic mass is 10.2. The Bertz CT molecular complexity index is 1170. The molecule has 3 aromatic heterocycles. The van der Waals surface area contributed by atoms with E-state index in [2.05, 4.69) is 15.1 Å². The van der Waals surface area contributed by atoms with E-state index >= 15 is 0 Å². The van der Waals surface area contributed by atoms with Crippen LogP contribution in [-0.2, 0) is 6.18 Å². The van der Waals surface area contributed by atoms with Crippen molar-refractivity contribution in [1.82, 2.24) is 19.5 Å². The molecule has 27 heavy (non-hydrogen) atoms. The molecule has 138 valence electrons. The van der Waals surface area contributed by atoms with Crippen LogP contribution in [0.2, 0.25) is 10.0 Å². The molecule has 3 heterocycles. The standard InChI is InChI=1S/C16H6Cl2F4N4O/c17-10-4-8(19)1-2-9(10)13-24-15(27-25-13)12-6-26-5-7(16(20,21)22)3-11(18)14(26)23-12/h1-6H. The Morgan fingerprint density at radius 3 is 2.48 bits per heavy atom. The molecule has 4 aromatic rings. The van der Waals surface area contributed by atoms with Gasteiger partial charge in [-0.25, -0.2) is 9.37 Å². The van der Waals surface area contributed by atoms with Crippen molar-refractivity contribution in [3.63, 3.8) is 0 Å². The maximum absolute atomic E-state index is 13.2. The summed E-state index contributed by atoms with van der Waals surface area (Å²) in [5, 5.41) is 3.64. The fourth-order valence-electron chi connectivity index (χ4n) is 2.42. The molecule has 0 amide bonds. The van der Waals surface area contributed by atoms with Crippen LogP contribution in [0.4, 0.5) is 17.6 Å². The monoisotopic (exact) mass is 416 g/mol. The third-order valence-corrected chi connectivity index (χ3v) is 4.24. The first kappa shape index (κ1) is 17.7. The van der Waals surface area contributed by atoms with E-state index in [0.717, 1.165) is 22.7 Å². The second-order valence-corrected chi connectivity index (χ2v) is 6.29. The molecule has 0 fully saturated rings. The largest absolute Gasteiger partial charge is 0.417 e. The van der Waals surface area contributed by atoms with Crippen LogP contribution in [0, 0.1) is 5.82 Å². The van der Waals surface area contributed by atoms with Crippen molar-refractivity contribution in [3.05, 3.63) is 58.1 Å². The number of benzene rings is 1. The summed E-state index contributed by atoms with van der Waals surface area (Å²) in [6.45, 7) is 0. The van der Waals surface area contributed by atoms with Crippen LogP contribution in [0.5, 0.6) is 0 Å². The summed E-state index contributed by atoms with van der Waals surface area (Å²) in [5.74, 6) is -0.504. The lowest BCUT2D eigenvalue weighted by Crippen LogP contribution is -2.06. The lowest BCUT2D eigenvalue weighted by Gasteiger charge is -2.07. The third kappa shape index (κ3) is 3.24. The smallest absolute Gasteiger partial charge is 0.332 e. The van der Waals surface area contributed by atoms with E-state index in [9.17, 15) is 17.6 Å². The number of hydrogen-bond donors (Lipinski definition) is 0. The van der Waals surface area contributed by atoms with Gasteiger partial charge in [0.15, 0.2) is 5.65 Å². The van der Waals surface area contributed by atoms with Gasteiger partial charge in [-0.3, -0.25) is 0 Å². The summed E-state index contributed by atoms with van der Waals surface area (Å²) in [6, 6.07) is 4.44. The maximum atomic E-state index is 13.2. The van der Waals surface area contributed by atoms with E-state index in [1.54, 1.807) is 0 Å². The molecule has 0 saturated carbocycles. The molecule has 0 aliphatic carbocycles.